The van der Waals surface area contributed by atoms with Gasteiger partial charge in [0.2, 0.25) is 0 Å². The van der Waals surface area contributed by atoms with Crippen molar-refractivity contribution in [3.63, 3.8) is 0 Å². The third-order valence-electron chi connectivity index (χ3n) is 1.38. The topological polar surface area (TPSA) is 135 Å². The van der Waals surface area contributed by atoms with Gasteiger partial charge in [0.25, 0.3) is 0 Å². The van der Waals surface area contributed by atoms with E-state index >= 15 is 0 Å². The molecule has 0 aliphatic carbocycles. The maximum atomic E-state index is 10.3. The average Bonchev–Trinajstić information content (AvgIpc) is 2.17. The summed E-state index contributed by atoms with van der Waals surface area (Å²) in [6.07, 6.45) is 0. The third-order valence-corrected chi connectivity index (χ3v) is 1.38. The van der Waals surface area contributed by atoms with Crippen LogP contribution in [-0.4, -0.2) is 35.5 Å². The lowest BCUT2D eigenvalue weighted by Crippen LogP contribution is -1.99. The van der Waals surface area contributed by atoms with Crippen LogP contribution in [0.1, 0.15) is 20.7 Å². The quantitative estimate of drug-likeness (QED) is 0.644. The molecule has 0 heterocycles. The summed E-state index contributed by atoms with van der Waals surface area (Å²) in [4.78, 5) is 20.7. The maximum Gasteiger partial charge on any atom is 0.335 e. The first kappa shape index (κ1) is 14.2. The Morgan fingerprint density at radius 3 is 1.31 bits per heavy atom. The van der Waals surface area contributed by atoms with Crippen molar-refractivity contribution in [2.24, 2.45) is 0 Å². The number of hydrogen-bond acceptors (Lipinski definition) is 4. The number of carboxylic acid groups (broad SMARTS) is 2. The highest BCUT2D eigenvalue weighted by Crippen LogP contribution is 2.03. The molecule has 8 heteroatoms. The highest BCUT2D eigenvalue weighted by Gasteiger charge is 2.04. The Bertz CT molecular complexity index is 360. The van der Waals surface area contributed by atoms with Crippen LogP contribution in [0.2, 0.25) is 0 Å². The van der Waals surface area contributed by atoms with Crippen molar-refractivity contribution in [2.75, 3.05) is 0 Å². The van der Waals surface area contributed by atoms with Crippen molar-refractivity contribution >= 4 is 23.3 Å². The summed E-state index contributed by atoms with van der Waals surface area (Å²) in [5.74, 6) is -2.13. The summed E-state index contributed by atoms with van der Waals surface area (Å²) in [6, 6.07) is 5.02. The molecule has 0 aliphatic rings. The Kier molecular flexibility index (Phi) is 5.93. The summed E-state index contributed by atoms with van der Waals surface area (Å²) in [6.45, 7) is 0. The Labute approximate surface area is 92.5 Å². The van der Waals surface area contributed by atoms with Gasteiger partial charge < -0.3 is 19.3 Å². The van der Waals surface area contributed by atoms with Crippen molar-refractivity contribution in [3.8, 4) is 0 Å². The zero-order valence-corrected chi connectivity index (χ0v) is 8.51. The van der Waals surface area contributed by atoms with Crippen LogP contribution in [0, 0.1) is 0 Å². The molecule has 0 saturated carbocycles. The Hall–Kier alpha value is -1.77. The van der Waals surface area contributed by atoms with Crippen molar-refractivity contribution in [3.05, 3.63) is 35.4 Å². The molecule has 0 saturated heterocycles. The van der Waals surface area contributed by atoms with E-state index in [1.807, 2.05) is 0 Å². The van der Waals surface area contributed by atoms with E-state index in [2.05, 4.69) is 0 Å². The van der Waals surface area contributed by atoms with Crippen LogP contribution in [0.4, 0.5) is 0 Å². The number of aromatic carboxylic acids is 2. The van der Waals surface area contributed by atoms with E-state index in [1.54, 1.807) is 0 Å². The van der Waals surface area contributed by atoms with Crippen LogP contribution in [0.25, 0.3) is 0 Å². The van der Waals surface area contributed by atoms with Gasteiger partial charge in [-0.2, -0.15) is 0 Å². The van der Waals surface area contributed by atoms with Crippen LogP contribution in [0.15, 0.2) is 24.3 Å². The molecule has 16 heavy (non-hydrogen) atoms. The molecule has 0 aromatic heterocycles. The van der Waals surface area contributed by atoms with Crippen LogP contribution in [0.3, 0.4) is 0 Å². The molecule has 7 nitrogen and oxygen atoms in total. The summed E-state index contributed by atoms with van der Waals surface area (Å²) in [5, 5.41) is 16.9. The molecule has 0 bridgehead atoms. The van der Waals surface area contributed by atoms with Crippen LogP contribution >= 0.6 is 0 Å². The molecule has 0 fully saturated rings. The van der Waals surface area contributed by atoms with Gasteiger partial charge in [-0.1, -0.05) is 0 Å². The first-order valence-electron chi connectivity index (χ1n) is 3.69. The summed E-state index contributed by atoms with van der Waals surface area (Å²) < 4.78 is 24.1. The van der Waals surface area contributed by atoms with E-state index in [0.717, 1.165) is 0 Å². The number of carbonyl (C=O) groups is 2. The number of hydrogen-bond donors (Lipinski definition) is 3. The van der Waals surface area contributed by atoms with Gasteiger partial charge in [0.05, 0.1) is 22.5 Å². The number of carboxylic acids is 2. The molecule has 1 rings (SSSR count). The molecule has 1 aromatic carbocycles. The van der Waals surface area contributed by atoms with Crippen molar-refractivity contribution in [2.45, 2.75) is 0 Å². The molecule has 0 radical (unpaired) electrons. The molecule has 1 atom stereocenters. The fourth-order valence-electron chi connectivity index (χ4n) is 0.755. The molecular weight excluding hydrogens is 240 g/mol. The maximum absolute atomic E-state index is 10.3. The number of rotatable bonds is 2. The first-order chi connectivity index (χ1) is 7.34. The van der Waals surface area contributed by atoms with E-state index in [9.17, 15) is 9.59 Å². The second-order valence-electron chi connectivity index (χ2n) is 2.40. The van der Waals surface area contributed by atoms with Gasteiger partial charge in [0, 0.05) is 0 Å². The molecule has 0 spiro atoms. The minimum Gasteiger partial charge on any atom is -0.750 e. The highest BCUT2D eigenvalue weighted by atomic mass is 32.2. The second-order valence-corrected chi connectivity index (χ2v) is 2.84. The fraction of sp³-hybridized carbons (Fsp3) is 0. The van der Waals surface area contributed by atoms with E-state index in [-0.39, 0.29) is 11.1 Å². The highest BCUT2D eigenvalue weighted by molar-refractivity contribution is 7.73. The van der Waals surface area contributed by atoms with Crippen LogP contribution < -0.4 is 0 Å². The van der Waals surface area contributed by atoms with Crippen molar-refractivity contribution in [1.82, 2.24) is 0 Å². The minimum absolute atomic E-state index is 0.0833. The molecule has 1 aromatic rings. The van der Waals surface area contributed by atoms with E-state index in [0.29, 0.717) is 0 Å². The fourth-order valence-corrected chi connectivity index (χ4v) is 0.755. The van der Waals surface area contributed by atoms with Crippen LogP contribution in [-0.2, 0) is 11.4 Å². The zero-order valence-electron chi connectivity index (χ0n) is 7.69. The van der Waals surface area contributed by atoms with Gasteiger partial charge in [-0.3, -0.25) is 0 Å². The largest absolute Gasteiger partial charge is 0.750 e. The normalized spacial score (nSPS) is 10.9. The Morgan fingerprint density at radius 1 is 1.00 bits per heavy atom. The lowest BCUT2D eigenvalue weighted by molar-refractivity contribution is 0.0681. The standard InChI is InChI=1S/C8H6O4.H2O3S/c9-7(10)5-1-2-6(4-3-5)8(11)12;1-4(2)3/h1-4H,(H,9,10)(H,11,12);(H2,1,2,3)/p-1. The van der Waals surface area contributed by atoms with Gasteiger partial charge in [-0.05, 0) is 24.3 Å². The first-order valence-corrected chi connectivity index (χ1v) is 4.72. The minimum atomic E-state index is -2.86. The molecule has 3 N–H and O–H groups in total. The van der Waals surface area contributed by atoms with Crippen LogP contribution in [0.5, 0.6) is 0 Å². The zero-order chi connectivity index (χ0) is 12.7. The average molecular weight is 247 g/mol. The summed E-state index contributed by atoms with van der Waals surface area (Å²) in [7, 11) is 0. The van der Waals surface area contributed by atoms with E-state index < -0.39 is 23.3 Å². The number of benzene rings is 1. The molecule has 1 unspecified atom stereocenters. The van der Waals surface area contributed by atoms with Crippen molar-refractivity contribution < 1.29 is 33.1 Å². The molecule has 0 aliphatic heterocycles. The lowest BCUT2D eigenvalue weighted by Gasteiger charge is -1.94. The van der Waals surface area contributed by atoms with Gasteiger partial charge in [0.1, 0.15) is 0 Å². The Morgan fingerprint density at radius 2 is 1.19 bits per heavy atom. The summed E-state index contributed by atoms with van der Waals surface area (Å²) in [5.41, 5.74) is 0.167. The summed E-state index contributed by atoms with van der Waals surface area (Å²) >= 11 is -2.86. The monoisotopic (exact) mass is 247 g/mol. The van der Waals surface area contributed by atoms with Gasteiger partial charge in [-0.25, -0.2) is 13.8 Å². The van der Waals surface area contributed by atoms with Gasteiger partial charge in [0.15, 0.2) is 0 Å². The third kappa shape index (κ3) is 5.86. The predicted molar refractivity (Wildman–Crippen MR) is 51.9 cm³/mol. The van der Waals surface area contributed by atoms with Gasteiger partial charge >= 0.3 is 11.9 Å². The molecule has 0 amide bonds. The van der Waals surface area contributed by atoms with Crippen molar-refractivity contribution in [1.29, 1.82) is 0 Å². The Balaban J connectivity index is 0.000000487. The molecular formula is C8H7O7S-. The van der Waals surface area contributed by atoms with E-state index in [1.165, 1.54) is 24.3 Å². The smallest absolute Gasteiger partial charge is 0.335 e. The second kappa shape index (κ2) is 6.67. The lowest BCUT2D eigenvalue weighted by atomic mass is 10.1. The van der Waals surface area contributed by atoms with E-state index in [4.69, 9.17) is 23.5 Å². The predicted octanol–water partition coefficient (Wildman–Crippen LogP) is 0.421. The SMILES string of the molecule is O=C(O)c1ccc(C(=O)O)cc1.O=S([O-])O. The molecule has 88 valence electrons. The van der Waals surface area contributed by atoms with Gasteiger partial charge in [-0.15, -0.1) is 0 Å².